The molecular formula is C27H41N3O4S. The number of carbonyl (C=O) groups is 3. The van der Waals surface area contributed by atoms with Crippen molar-refractivity contribution in [2.24, 2.45) is 0 Å². The Kier molecular flexibility index (Phi) is 10.7. The van der Waals surface area contributed by atoms with Gasteiger partial charge in [0.25, 0.3) is 0 Å². The van der Waals surface area contributed by atoms with Crippen LogP contribution in [0.25, 0.3) is 0 Å². The van der Waals surface area contributed by atoms with Gasteiger partial charge >= 0.3 is 6.09 Å². The average molecular weight is 504 g/mol. The van der Waals surface area contributed by atoms with Gasteiger partial charge in [0, 0.05) is 18.3 Å². The lowest BCUT2D eigenvalue weighted by molar-refractivity contribution is -0.141. The van der Waals surface area contributed by atoms with Crippen LogP contribution in [0.4, 0.5) is 4.79 Å². The highest BCUT2D eigenvalue weighted by Crippen LogP contribution is 2.29. The number of nitrogens with zero attached hydrogens (tertiary/aromatic N) is 1. The average Bonchev–Trinajstić information content (AvgIpc) is 2.78. The molecule has 2 rings (SSSR count). The molecule has 0 radical (unpaired) electrons. The van der Waals surface area contributed by atoms with E-state index in [0.717, 1.165) is 42.4 Å². The van der Waals surface area contributed by atoms with Crippen LogP contribution in [-0.2, 0) is 14.3 Å². The third-order valence-corrected chi connectivity index (χ3v) is 6.47. The highest BCUT2D eigenvalue weighted by atomic mass is 32.1. The topological polar surface area (TPSA) is 87.7 Å². The molecule has 0 saturated heterocycles. The first-order valence-electron chi connectivity index (χ1n) is 12.4. The second kappa shape index (κ2) is 13.0. The van der Waals surface area contributed by atoms with Gasteiger partial charge in [-0.15, -0.1) is 6.58 Å². The number of carbonyl (C=O) groups excluding carboxylic acids is 3. The minimum atomic E-state index is -0.970. The molecule has 2 unspecified atom stereocenters. The van der Waals surface area contributed by atoms with Crippen molar-refractivity contribution in [1.82, 2.24) is 15.5 Å². The quantitative estimate of drug-likeness (QED) is 0.339. The third-order valence-electron chi connectivity index (χ3n) is 6.11. The van der Waals surface area contributed by atoms with Crippen LogP contribution in [0, 0.1) is 13.8 Å². The largest absolute Gasteiger partial charge is 0.444 e. The molecule has 0 aliphatic heterocycles. The first-order valence-corrected chi connectivity index (χ1v) is 13.0. The number of benzene rings is 1. The van der Waals surface area contributed by atoms with Gasteiger partial charge in [-0.25, -0.2) is 4.79 Å². The maximum atomic E-state index is 13.8. The molecule has 0 spiro atoms. The van der Waals surface area contributed by atoms with Gasteiger partial charge in [-0.2, -0.15) is 12.6 Å². The van der Waals surface area contributed by atoms with Crippen molar-refractivity contribution in [2.45, 2.75) is 90.4 Å². The number of amides is 3. The van der Waals surface area contributed by atoms with Gasteiger partial charge in [0.05, 0.1) is 0 Å². The zero-order valence-corrected chi connectivity index (χ0v) is 22.6. The number of aryl methyl sites for hydroxylation is 2. The highest BCUT2D eigenvalue weighted by Gasteiger charge is 2.37. The van der Waals surface area contributed by atoms with Gasteiger partial charge in [-0.1, -0.05) is 43.5 Å². The fourth-order valence-corrected chi connectivity index (χ4v) is 4.76. The van der Waals surface area contributed by atoms with Crippen LogP contribution in [0.5, 0.6) is 0 Å². The summed E-state index contributed by atoms with van der Waals surface area (Å²) in [6.45, 7) is 13.1. The standard InChI is InChI=1S/C27H41N3O4S/c1-7-16-30(25(32)21(17-35)29-26(33)34-27(4,5)6)23(22-18(2)12-11-13-19(22)3)24(31)28-20-14-9-8-10-15-20/h7,11-13,20-21,23,35H,1,8-10,14-17H2,2-6H3,(H,28,31)(H,29,33). The first kappa shape index (κ1) is 28.8. The van der Waals surface area contributed by atoms with E-state index < -0.39 is 29.7 Å². The number of alkyl carbamates (subject to hydrolysis) is 1. The Morgan fingerprint density at radius 3 is 2.29 bits per heavy atom. The number of hydrogen-bond donors (Lipinski definition) is 3. The molecule has 1 aromatic rings. The van der Waals surface area contributed by atoms with E-state index in [4.69, 9.17) is 4.74 Å². The summed E-state index contributed by atoms with van der Waals surface area (Å²) in [6, 6.07) is 4.06. The molecule has 1 saturated carbocycles. The Morgan fingerprint density at radius 1 is 1.17 bits per heavy atom. The lowest BCUT2D eigenvalue weighted by Crippen LogP contribution is -2.54. The molecular weight excluding hydrogens is 462 g/mol. The molecule has 0 aromatic heterocycles. The van der Waals surface area contributed by atoms with Crippen molar-refractivity contribution in [3.63, 3.8) is 0 Å². The number of thiol groups is 1. The number of nitrogens with one attached hydrogen (secondary N) is 2. The number of ether oxygens (including phenoxy) is 1. The predicted octanol–water partition coefficient (Wildman–Crippen LogP) is 4.63. The lowest BCUT2D eigenvalue weighted by Gasteiger charge is -2.36. The Labute approximate surface area is 215 Å². The minimum Gasteiger partial charge on any atom is -0.444 e. The van der Waals surface area contributed by atoms with E-state index in [2.05, 4.69) is 29.8 Å². The smallest absolute Gasteiger partial charge is 0.408 e. The van der Waals surface area contributed by atoms with Gasteiger partial charge in [0.1, 0.15) is 17.7 Å². The molecule has 7 nitrogen and oxygen atoms in total. The number of hydrogen-bond acceptors (Lipinski definition) is 5. The van der Waals surface area contributed by atoms with E-state index >= 15 is 0 Å². The fraction of sp³-hybridized carbons (Fsp3) is 0.593. The molecule has 0 bridgehead atoms. The molecule has 194 valence electrons. The van der Waals surface area contributed by atoms with Gasteiger partial charge in [-0.05, 0) is 64.2 Å². The fourth-order valence-electron chi connectivity index (χ4n) is 4.51. The van der Waals surface area contributed by atoms with Crippen LogP contribution in [-0.4, -0.2) is 52.8 Å². The van der Waals surface area contributed by atoms with Crippen LogP contribution in [0.2, 0.25) is 0 Å². The SMILES string of the molecule is C=CCN(C(=O)C(CS)NC(=O)OC(C)(C)C)C(C(=O)NC1CCCCC1)c1c(C)cccc1C. The van der Waals surface area contributed by atoms with Gasteiger partial charge in [0.15, 0.2) is 0 Å². The minimum absolute atomic E-state index is 0.0510. The summed E-state index contributed by atoms with van der Waals surface area (Å²) in [4.78, 5) is 41.5. The number of rotatable bonds is 9. The third kappa shape index (κ3) is 8.30. The van der Waals surface area contributed by atoms with E-state index in [9.17, 15) is 14.4 Å². The van der Waals surface area contributed by atoms with Crippen LogP contribution >= 0.6 is 12.6 Å². The summed E-state index contributed by atoms with van der Waals surface area (Å²) >= 11 is 4.31. The molecule has 1 fully saturated rings. The summed E-state index contributed by atoms with van der Waals surface area (Å²) in [5, 5.41) is 5.82. The molecule has 2 atom stereocenters. The zero-order chi connectivity index (χ0) is 26.2. The van der Waals surface area contributed by atoms with Crippen LogP contribution < -0.4 is 10.6 Å². The monoisotopic (exact) mass is 503 g/mol. The summed E-state index contributed by atoms with van der Waals surface area (Å²) in [5.74, 6) is -0.591. The molecule has 1 aromatic carbocycles. The maximum Gasteiger partial charge on any atom is 0.408 e. The molecule has 0 heterocycles. The second-order valence-corrected chi connectivity index (χ2v) is 10.6. The predicted molar refractivity (Wildman–Crippen MR) is 143 cm³/mol. The van der Waals surface area contributed by atoms with E-state index in [1.165, 1.54) is 11.3 Å². The van der Waals surface area contributed by atoms with Crippen molar-refractivity contribution in [3.05, 3.63) is 47.5 Å². The van der Waals surface area contributed by atoms with Gasteiger partial charge < -0.3 is 20.3 Å². The van der Waals surface area contributed by atoms with Crippen LogP contribution in [0.3, 0.4) is 0 Å². The lowest BCUT2D eigenvalue weighted by atomic mass is 9.92. The zero-order valence-electron chi connectivity index (χ0n) is 21.7. The highest BCUT2D eigenvalue weighted by molar-refractivity contribution is 7.80. The van der Waals surface area contributed by atoms with Crippen LogP contribution in [0.15, 0.2) is 30.9 Å². The van der Waals surface area contributed by atoms with Gasteiger partial charge in [0.2, 0.25) is 11.8 Å². The van der Waals surface area contributed by atoms with Crippen molar-refractivity contribution < 1.29 is 19.1 Å². The Hall–Kier alpha value is -2.48. The molecule has 35 heavy (non-hydrogen) atoms. The Balaban J connectivity index is 2.43. The van der Waals surface area contributed by atoms with Crippen molar-refractivity contribution in [2.75, 3.05) is 12.3 Å². The summed E-state index contributed by atoms with van der Waals surface area (Å²) in [6.07, 6.45) is 6.08. The van der Waals surface area contributed by atoms with E-state index in [0.29, 0.717) is 0 Å². The maximum absolute atomic E-state index is 13.8. The van der Waals surface area contributed by atoms with Crippen molar-refractivity contribution in [1.29, 1.82) is 0 Å². The molecule has 2 N–H and O–H groups in total. The first-order chi connectivity index (χ1) is 16.5. The van der Waals surface area contributed by atoms with Crippen molar-refractivity contribution in [3.8, 4) is 0 Å². The molecule has 1 aliphatic rings. The summed E-state index contributed by atoms with van der Waals surface area (Å²) in [7, 11) is 0. The molecule has 3 amide bonds. The summed E-state index contributed by atoms with van der Waals surface area (Å²) < 4.78 is 5.34. The Bertz CT molecular complexity index is 886. The van der Waals surface area contributed by atoms with Crippen molar-refractivity contribution >= 4 is 30.5 Å². The molecule has 8 heteroatoms. The summed E-state index contributed by atoms with van der Waals surface area (Å²) in [5.41, 5.74) is 1.90. The van der Waals surface area contributed by atoms with E-state index in [1.807, 2.05) is 32.0 Å². The second-order valence-electron chi connectivity index (χ2n) is 10.2. The van der Waals surface area contributed by atoms with E-state index in [-0.39, 0.29) is 24.2 Å². The van der Waals surface area contributed by atoms with Crippen LogP contribution in [0.1, 0.15) is 75.6 Å². The normalized spacial score (nSPS) is 16.1. The molecule has 1 aliphatic carbocycles. The Morgan fingerprint density at radius 2 is 1.77 bits per heavy atom. The van der Waals surface area contributed by atoms with E-state index in [1.54, 1.807) is 26.8 Å². The van der Waals surface area contributed by atoms with Gasteiger partial charge in [-0.3, -0.25) is 9.59 Å².